The Balaban J connectivity index is 1.86. The van der Waals surface area contributed by atoms with Crippen LogP contribution in [0.1, 0.15) is 39.0 Å². The third-order valence-electron chi connectivity index (χ3n) is 3.72. The number of ether oxygens (including phenoxy) is 1. The molecule has 1 aliphatic carbocycles. The Morgan fingerprint density at radius 1 is 1.31 bits per heavy atom. The van der Waals surface area contributed by atoms with E-state index in [0.717, 1.165) is 19.3 Å². The van der Waals surface area contributed by atoms with Gasteiger partial charge in [0.05, 0.1) is 17.4 Å². The van der Waals surface area contributed by atoms with Crippen molar-refractivity contribution in [1.82, 2.24) is 5.32 Å². The molecule has 92 valence electrons. The van der Waals surface area contributed by atoms with E-state index >= 15 is 0 Å². The zero-order chi connectivity index (χ0) is 11.5. The monoisotopic (exact) mass is 245 g/mol. The smallest absolute Gasteiger partial charge is 0.226 e. The Kier molecular flexibility index (Phi) is 4.09. The zero-order valence-electron chi connectivity index (χ0n) is 9.75. The van der Waals surface area contributed by atoms with Crippen molar-refractivity contribution < 1.29 is 9.53 Å². The van der Waals surface area contributed by atoms with Gasteiger partial charge in [0.15, 0.2) is 0 Å². The fourth-order valence-electron chi connectivity index (χ4n) is 2.61. The molecule has 3 nitrogen and oxygen atoms in total. The largest absolute Gasteiger partial charge is 0.378 e. The first kappa shape index (κ1) is 12.2. The molecule has 2 aliphatic rings. The van der Waals surface area contributed by atoms with Gasteiger partial charge in [0.25, 0.3) is 0 Å². The molecular weight excluding hydrogens is 226 g/mol. The van der Waals surface area contributed by atoms with Crippen molar-refractivity contribution in [2.24, 2.45) is 5.92 Å². The van der Waals surface area contributed by atoms with Crippen LogP contribution in [0.3, 0.4) is 0 Å². The molecule has 16 heavy (non-hydrogen) atoms. The highest BCUT2D eigenvalue weighted by Crippen LogP contribution is 2.25. The quantitative estimate of drug-likeness (QED) is 0.757. The third kappa shape index (κ3) is 2.69. The number of nitrogens with one attached hydrogen (secondary N) is 1. The second kappa shape index (κ2) is 5.37. The standard InChI is InChI=1S/C12H20ClNO2/c1-8-9(6-7-16-8)12(15)14-11-5-3-2-4-10(11)13/h8-11H,2-7H2,1H3,(H,14,15). The van der Waals surface area contributed by atoms with E-state index in [9.17, 15) is 4.79 Å². The summed E-state index contributed by atoms with van der Waals surface area (Å²) in [5, 5.41) is 3.20. The molecule has 1 aliphatic heterocycles. The van der Waals surface area contributed by atoms with Crippen molar-refractivity contribution in [1.29, 1.82) is 0 Å². The van der Waals surface area contributed by atoms with E-state index in [4.69, 9.17) is 16.3 Å². The number of hydrogen-bond acceptors (Lipinski definition) is 2. The molecule has 0 bridgehead atoms. The minimum absolute atomic E-state index is 0.0193. The lowest BCUT2D eigenvalue weighted by molar-refractivity contribution is -0.127. The van der Waals surface area contributed by atoms with Crippen molar-refractivity contribution >= 4 is 17.5 Å². The van der Waals surface area contributed by atoms with Gasteiger partial charge in [0.2, 0.25) is 5.91 Å². The molecule has 4 atom stereocenters. The molecular formula is C12H20ClNO2. The highest BCUT2D eigenvalue weighted by Gasteiger charge is 2.33. The summed E-state index contributed by atoms with van der Waals surface area (Å²) in [6.07, 6.45) is 5.28. The average molecular weight is 246 g/mol. The maximum Gasteiger partial charge on any atom is 0.226 e. The Labute approximate surface area is 102 Å². The number of halogens is 1. The number of carbonyl (C=O) groups excluding carboxylic acids is 1. The van der Waals surface area contributed by atoms with Gasteiger partial charge in [-0.2, -0.15) is 0 Å². The maximum atomic E-state index is 12.0. The van der Waals surface area contributed by atoms with E-state index in [0.29, 0.717) is 6.61 Å². The Hall–Kier alpha value is -0.280. The Morgan fingerprint density at radius 2 is 2.06 bits per heavy atom. The molecule has 2 rings (SSSR count). The fraction of sp³-hybridized carbons (Fsp3) is 0.917. The molecule has 4 unspecified atom stereocenters. The Bertz CT molecular complexity index is 259. The molecule has 1 saturated heterocycles. The van der Waals surface area contributed by atoms with Gasteiger partial charge < -0.3 is 10.1 Å². The Morgan fingerprint density at radius 3 is 2.69 bits per heavy atom. The molecule has 4 heteroatoms. The van der Waals surface area contributed by atoms with Crippen LogP contribution < -0.4 is 5.32 Å². The first-order chi connectivity index (χ1) is 7.68. The SMILES string of the molecule is CC1OCCC1C(=O)NC1CCCCC1Cl. The van der Waals surface area contributed by atoms with E-state index in [2.05, 4.69) is 5.32 Å². The van der Waals surface area contributed by atoms with Crippen LogP contribution in [0.4, 0.5) is 0 Å². The summed E-state index contributed by atoms with van der Waals surface area (Å²) in [7, 11) is 0. The highest BCUT2D eigenvalue weighted by molar-refractivity contribution is 6.21. The number of amides is 1. The lowest BCUT2D eigenvalue weighted by atomic mass is 9.93. The number of hydrogen-bond donors (Lipinski definition) is 1. The van der Waals surface area contributed by atoms with Crippen LogP contribution in [0.2, 0.25) is 0 Å². The van der Waals surface area contributed by atoms with Crippen LogP contribution in [0, 0.1) is 5.92 Å². The second-order valence-corrected chi connectivity index (χ2v) is 5.45. The summed E-state index contributed by atoms with van der Waals surface area (Å²) in [5.41, 5.74) is 0. The van der Waals surface area contributed by atoms with Crippen molar-refractivity contribution in [3.8, 4) is 0 Å². The molecule has 0 aromatic rings. The van der Waals surface area contributed by atoms with Crippen LogP contribution in [-0.4, -0.2) is 30.0 Å². The van der Waals surface area contributed by atoms with Crippen LogP contribution in [0.5, 0.6) is 0 Å². The topological polar surface area (TPSA) is 38.3 Å². The summed E-state index contributed by atoms with van der Waals surface area (Å²) in [6, 6.07) is 0.163. The lowest BCUT2D eigenvalue weighted by Crippen LogP contribution is -2.46. The summed E-state index contributed by atoms with van der Waals surface area (Å²) in [6.45, 7) is 2.67. The molecule has 1 heterocycles. The summed E-state index contributed by atoms with van der Waals surface area (Å²) >= 11 is 6.22. The van der Waals surface area contributed by atoms with Crippen molar-refractivity contribution in [2.45, 2.75) is 56.6 Å². The number of rotatable bonds is 2. The van der Waals surface area contributed by atoms with Crippen LogP contribution >= 0.6 is 11.6 Å². The van der Waals surface area contributed by atoms with E-state index in [1.807, 2.05) is 6.92 Å². The van der Waals surface area contributed by atoms with E-state index < -0.39 is 0 Å². The zero-order valence-corrected chi connectivity index (χ0v) is 10.5. The average Bonchev–Trinajstić information content (AvgIpc) is 2.68. The molecule has 0 radical (unpaired) electrons. The van der Waals surface area contributed by atoms with Gasteiger partial charge in [0, 0.05) is 12.6 Å². The minimum Gasteiger partial charge on any atom is -0.378 e. The molecule has 2 fully saturated rings. The van der Waals surface area contributed by atoms with Gasteiger partial charge in [0.1, 0.15) is 0 Å². The predicted octanol–water partition coefficient (Wildman–Crippen LogP) is 2.08. The highest BCUT2D eigenvalue weighted by atomic mass is 35.5. The maximum absolute atomic E-state index is 12.0. The third-order valence-corrected chi connectivity index (χ3v) is 4.24. The van der Waals surface area contributed by atoms with Gasteiger partial charge >= 0.3 is 0 Å². The van der Waals surface area contributed by atoms with E-state index in [1.165, 1.54) is 12.8 Å². The predicted molar refractivity (Wildman–Crippen MR) is 63.6 cm³/mol. The van der Waals surface area contributed by atoms with Gasteiger partial charge in [-0.25, -0.2) is 0 Å². The summed E-state index contributed by atoms with van der Waals surface area (Å²) in [4.78, 5) is 12.0. The molecule has 0 aromatic carbocycles. The first-order valence-electron chi connectivity index (χ1n) is 6.24. The van der Waals surface area contributed by atoms with E-state index in [1.54, 1.807) is 0 Å². The van der Waals surface area contributed by atoms with Crippen LogP contribution in [0.25, 0.3) is 0 Å². The van der Waals surface area contributed by atoms with E-state index in [-0.39, 0.29) is 29.3 Å². The van der Waals surface area contributed by atoms with Gasteiger partial charge in [-0.05, 0) is 26.2 Å². The summed E-state index contributed by atoms with van der Waals surface area (Å²) < 4.78 is 5.41. The number of alkyl halides is 1. The first-order valence-corrected chi connectivity index (χ1v) is 6.68. The second-order valence-electron chi connectivity index (χ2n) is 4.89. The minimum atomic E-state index is 0.0193. The van der Waals surface area contributed by atoms with Crippen molar-refractivity contribution in [3.63, 3.8) is 0 Å². The van der Waals surface area contributed by atoms with Crippen molar-refractivity contribution in [3.05, 3.63) is 0 Å². The normalized spacial score (nSPS) is 39.6. The van der Waals surface area contributed by atoms with Gasteiger partial charge in [-0.15, -0.1) is 11.6 Å². The molecule has 0 aromatic heterocycles. The number of carbonyl (C=O) groups is 1. The van der Waals surface area contributed by atoms with Crippen molar-refractivity contribution in [2.75, 3.05) is 6.61 Å². The van der Waals surface area contributed by atoms with Crippen LogP contribution in [-0.2, 0) is 9.53 Å². The van der Waals surface area contributed by atoms with Gasteiger partial charge in [-0.3, -0.25) is 4.79 Å². The molecule has 1 N–H and O–H groups in total. The van der Waals surface area contributed by atoms with Crippen LogP contribution in [0.15, 0.2) is 0 Å². The molecule has 1 amide bonds. The summed E-state index contributed by atoms with van der Waals surface area (Å²) in [5.74, 6) is 0.147. The fourth-order valence-corrected chi connectivity index (χ4v) is 2.96. The lowest BCUT2D eigenvalue weighted by Gasteiger charge is -2.29. The van der Waals surface area contributed by atoms with Gasteiger partial charge in [-0.1, -0.05) is 12.8 Å². The molecule has 0 spiro atoms. The molecule has 1 saturated carbocycles.